The van der Waals surface area contributed by atoms with Gasteiger partial charge in [-0.1, -0.05) is 0 Å². The lowest BCUT2D eigenvalue weighted by molar-refractivity contribution is 0.495. The van der Waals surface area contributed by atoms with Crippen molar-refractivity contribution in [3.63, 3.8) is 0 Å². The highest BCUT2D eigenvalue weighted by Gasteiger charge is 2.25. The van der Waals surface area contributed by atoms with Crippen molar-refractivity contribution in [2.45, 2.75) is 25.7 Å². The van der Waals surface area contributed by atoms with Gasteiger partial charge in [0.25, 0.3) is 5.56 Å². The van der Waals surface area contributed by atoms with Crippen LogP contribution in [0.25, 0.3) is 11.0 Å². The van der Waals surface area contributed by atoms with Crippen LogP contribution >= 0.6 is 0 Å². The molecule has 3 aromatic rings. The number of rotatable bonds is 2. The number of nitrogens with one attached hydrogen (secondary N) is 3. The van der Waals surface area contributed by atoms with Crippen molar-refractivity contribution in [1.29, 1.82) is 0 Å². The van der Waals surface area contributed by atoms with Gasteiger partial charge in [0.05, 0.1) is 11.9 Å². The molecular weight excluding hydrogens is 282 g/mol. The second kappa shape index (κ2) is 4.97. The van der Waals surface area contributed by atoms with Crippen molar-refractivity contribution < 1.29 is 0 Å². The van der Waals surface area contributed by atoms with Crippen LogP contribution in [0.15, 0.2) is 17.1 Å². The molecule has 0 aromatic carbocycles. The number of nitrogens with zero attached hydrogens (tertiary/aromatic N) is 4. The van der Waals surface area contributed by atoms with Gasteiger partial charge in [-0.2, -0.15) is 15.2 Å². The third-order valence-electron chi connectivity index (χ3n) is 4.17. The third-order valence-corrected chi connectivity index (χ3v) is 4.17. The maximum Gasteiger partial charge on any atom is 0.263 e. The van der Waals surface area contributed by atoms with Gasteiger partial charge < -0.3 is 4.90 Å². The van der Waals surface area contributed by atoms with Crippen molar-refractivity contribution in [1.82, 2.24) is 30.4 Å². The Morgan fingerprint density at radius 3 is 3.09 bits per heavy atom. The summed E-state index contributed by atoms with van der Waals surface area (Å²) in [6.07, 6.45) is 3.63. The highest BCUT2D eigenvalue weighted by molar-refractivity contribution is 5.73. The minimum Gasteiger partial charge on any atom is -0.342 e. The molecule has 0 bridgehead atoms. The molecule has 1 fully saturated rings. The van der Waals surface area contributed by atoms with Gasteiger partial charge in [-0.15, -0.1) is 0 Å². The Hall–Kier alpha value is -2.64. The molecule has 22 heavy (non-hydrogen) atoms. The average Bonchev–Trinajstić information content (AvgIpc) is 3.16. The van der Waals surface area contributed by atoms with Crippen LogP contribution in [0, 0.1) is 6.92 Å². The molecule has 0 spiro atoms. The molecule has 0 saturated carbocycles. The predicted octanol–water partition coefficient (Wildman–Crippen LogP) is 1.06. The first-order valence-electron chi connectivity index (χ1n) is 7.41. The molecule has 0 amide bonds. The molecule has 0 aliphatic carbocycles. The molecule has 8 heteroatoms. The molecule has 1 aliphatic rings. The van der Waals surface area contributed by atoms with Crippen molar-refractivity contribution >= 4 is 17.0 Å². The summed E-state index contributed by atoms with van der Waals surface area (Å²) in [5.74, 6) is 0.945. The van der Waals surface area contributed by atoms with Gasteiger partial charge in [-0.3, -0.25) is 20.0 Å². The smallest absolute Gasteiger partial charge is 0.263 e. The Kier molecular flexibility index (Phi) is 2.95. The minimum atomic E-state index is -0.161. The maximum absolute atomic E-state index is 12.1. The first-order chi connectivity index (χ1) is 10.7. The van der Waals surface area contributed by atoms with E-state index in [1.807, 2.05) is 6.92 Å². The van der Waals surface area contributed by atoms with Gasteiger partial charge >= 0.3 is 0 Å². The Labute approximate surface area is 126 Å². The topological polar surface area (TPSA) is 106 Å². The van der Waals surface area contributed by atoms with E-state index >= 15 is 0 Å². The summed E-state index contributed by atoms with van der Waals surface area (Å²) in [6.45, 7) is 3.68. The van der Waals surface area contributed by atoms with Crippen molar-refractivity contribution in [3.8, 4) is 0 Å². The second-order valence-electron chi connectivity index (χ2n) is 5.78. The van der Waals surface area contributed by atoms with E-state index in [0.717, 1.165) is 37.3 Å². The monoisotopic (exact) mass is 299 g/mol. The van der Waals surface area contributed by atoms with Gasteiger partial charge in [0, 0.05) is 24.7 Å². The lowest BCUT2D eigenvalue weighted by Crippen LogP contribution is -2.36. The van der Waals surface area contributed by atoms with Crippen molar-refractivity contribution in [2.24, 2.45) is 0 Å². The Bertz CT molecular complexity index is 861. The fourth-order valence-electron chi connectivity index (χ4n) is 3.04. The zero-order chi connectivity index (χ0) is 15.1. The maximum atomic E-state index is 12.1. The van der Waals surface area contributed by atoms with E-state index in [9.17, 15) is 4.79 Å². The number of anilines is 1. The Morgan fingerprint density at radius 1 is 1.36 bits per heavy atom. The van der Waals surface area contributed by atoms with Gasteiger partial charge in [0.15, 0.2) is 5.65 Å². The second-order valence-corrected chi connectivity index (χ2v) is 5.78. The third kappa shape index (κ3) is 2.16. The summed E-state index contributed by atoms with van der Waals surface area (Å²) in [5, 5.41) is 14.5. The van der Waals surface area contributed by atoms with Gasteiger partial charge in [-0.05, 0) is 25.8 Å². The van der Waals surface area contributed by atoms with Crippen LogP contribution in [0.4, 0.5) is 5.95 Å². The summed E-state index contributed by atoms with van der Waals surface area (Å²) in [7, 11) is 0. The van der Waals surface area contributed by atoms with E-state index in [1.54, 1.807) is 0 Å². The molecule has 1 atom stereocenters. The number of fused-ring (bicyclic) bond motifs is 1. The minimum absolute atomic E-state index is 0.161. The highest BCUT2D eigenvalue weighted by atomic mass is 16.1. The Morgan fingerprint density at radius 2 is 2.27 bits per heavy atom. The number of hydrogen-bond acceptors (Lipinski definition) is 5. The molecule has 4 heterocycles. The van der Waals surface area contributed by atoms with Crippen molar-refractivity contribution in [3.05, 3.63) is 34.0 Å². The molecular formula is C14H17N7O. The van der Waals surface area contributed by atoms with Gasteiger partial charge in [0.2, 0.25) is 5.95 Å². The van der Waals surface area contributed by atoms with Crippen LogP contribution in [0.1, 0.15) is 30.1 Å². The first-order valence-corrected chi connectivity index (χ1v) is 7.41. The van der Waals surface area contributed by atoms with Crippen LogP contribution < -0.4 is 10.5 Å². The number of aromatic nitrogens is 6. The fourth-order valence-corrected chi connectivity index (χ4v) is 3.04. The van der Waals surface area contributed by atoms with E-state index in [1.165, 1.54) is 6.20 Å². The number of aryl methyl sites for hydroxylation is 1. The summed E-state index contributed by atoms with van der Waals surface area (Å²) < 4.78 is 0. The van der Waals surface area contributed by atoms with E-state index < -0.39 is 0 Å². The summed E-state index contributed by atoms with van der Waals surface area (Å²) in [6, 6.07) is 2.09. The number of aromatic amines is 3. The SMILES string of the molecule is Cc1cc([C@@H]2CCCN(c3nc4[nH]ncc4c(=O)[nH]3)C2)n[nH]1. The van der Waals surface area contributed by atoms with Crippen LogP contribution in [0.5, 0.6) is 0 Å². The number of hydrogen-bond donors (Lipinski definition) is 3. The zero-order valence-electron chi connectivity index (χ0n) is 12.3. The molecule has 0 unspecified atom stereocenters. The van der Waals surface area contributed by atoms with E-state index in [4.69, 9.17) is 0 Å². The molecule has 3 aromatic heterocycles. The quantitative estimate of drug-likeness (QED) is 0.656. The van der Waals surface area contributed by atoms with Gasteiger partial charge in [-0.25, -0.2) is 0 Å². The average molecular weight is 299 g/mol. The Balaban J connectivity index is 1.64. The fraction of sp³-hybridized carbons (Fsp3) is 0.429. The predicted molar refractivity (Wildman–Crippen MR) is 82.0 cm³/mol. The number of piperidine rings is 1. The van der Waals surface area contributed by atoms with E-state index in [-0.39, 0.29) is 5.56 Å². The molecule has 1 saturated heterocycles. The summed E-state index contributed by atoms with van der Waals surface area (Å²) in [5.41, 5.74) is 2.51. The van der Waals surface area contributed by atoms with E-state index in [2.05, 4.69) is 41.3 Å². The van der Waals surface area contributed by atoms with Crippen LogP contribution in [0.2, 0.25) is 0 Å². The molecule has 114 valence electrons. The van der Waals surface area contributed by atoms with Crippen LogP contribution in [-0.4, -0.2) is 43.5 Å². The molecule has 0 radical (unpaired) electrons. The largest absolute Gasteiger partial charge is 0.342 e. The molecule has 4 rings (SSSR count). The standard InChI is InChI=1S/C14H17N7O/c1-8-5-11(19-18-8)9-3-2-4-21(7-9)14-16-12-10(6-15-20-12)13(22)17-14/h5-6,9H,2-4,7H2,1H3,(H,18,19)(H2,15,16,17,20,22)/t9-/m1/s1. The molecule has 3 N–H and O–H groups in total. The van der Waals surface area contributed by atoms with Gasteiger partial charge in [0.1, 0.15) is 5.39 Å². The van der Waals surface area contributed by atoms with Crippen LogP contribution in [-0.2, 0) is 0 Å². The van der Waals surface area contributed by atoms with Crippen LogP contribution in [0.3, 0.4) is 0 Å². The molecule has 8 nitrogen and oxygen atoms in total. The van der Waals surface area contributed by atoms with Crippen molar-refractivity contribution in [2.75, 3.05) is 18.0 Å². The van der Waals surface area contributed by atoms with E-state index in [0.29, 0.717) is 22.9 Å². The lowest BCUT2D eigenvalue weighted by atomic mass is 9.95. The summed E-state index contributed by atoms with van der Waals surface area (Å²) in [4.78, 5) is 21.5. The first kappa shape index (κ1) is 13.1. The normalized spacial score (nSPS) is 19.0. The zero-order valence-corrected chi connectivity index (χ0v) is 12.3. The number of H-pyrrole nitrogens is 3. The molecule has 1 aliphatic heterocycles. The highest BCUT2D eigenvalue weighted by Crippen LogP contribution is 2.27. The summed E-state index contributed by atoms with van der Waals surface area (Å²) >= 11 is 0. The lowest BCUT2D eigenvalue weighted by Gasteiger charge is -2.32.